The van der Waals surface area contributed by atoms with E-state index in [9.17, 15) is 29.7 Å². The van der Waals surface area contributed by atoms with Crippen molar-refractivity contribution in [2.75, 3.05) is 0 Å². The van der Waals surface area contributed by atoms with Gasteiger partial charge in [0.1, 0.15) is 5.60 Å². The predicted molar refractivity (Wildman–Crippen MR) is 35.0 cm³/mol. The number of hydrogen-bond acceptors (Lipinski definition) is 7. The minimum atomic E-state index is -2.97. The summed E-state index contributed by atoms with van der Waals surface area (Å²) in [6.07, 6.45) is -2.72. The standard InChI is InChI=1S/C6H8O7.Bi.Co/c7-3(8)1-6(13,5(11)12)2-4(9)10;;/h13H,1-2H2,(H,7,8)(H,9,10)(H,11,12);;/q;+3;+2/p-3. The van der Waals surface area contributed by atoms with Gasteiger partial charge < -0.3 is 34.8 Å². The molecule has 0 bridgehead atoms. The molecule has 0 aliphatic carbocycles. The summed E-state index contributed by atoms with van der Waals surface area (Å²) in [7, 11) is 0. The molecule has 7 nitrogen and oxygen atoms in total. The molecule has 83 valence electrons. The van der Waals surface area contributed by atoms with E-state index in [1.165, 1.54) is 0 Å². The summed E-state index contributed by atoms with van der Waals surface area (Å²) in [5.74, 6) is -5.98. The molecule has 0 saturated carbocycles. The Balaban J connectivity index is -0.000000720. The number of carboxylic acids is 3. The summed E-state index contributed by atoms with van der Waals surface area (Å²) in [6, 6.07) is 0. The van der Waals surface area contributed by atoms with Gasteiger partial charge in [-0.2, -0.15) is 0 Å². The summed E-state index contributed by atoms with van der Waals surface area (Å²) in [5, 5.41) is 38.9. The summed E-state index contributed by atoms with van der Waals surface area (Å²) < 4.78 is 0. The minimum absolute atomic E-state index is 0. The van der Waals surface area contributed by atoms with Gasteiger partial charge in [0.05, 0.1) is 5.97 Å². The zero-order valence-corrected chi connectivity index (χ0v) is 11.6. The molecule has 3 radical (unpaired) electrons. The van der Waals surface area contributed by atoms with Gasteiger partial charge >= 0.3 is 43.0 Å². The van der Waals surface area contributed by atoms with Gasteiger partial charge in [-0.1, -0.05) is 0 Å². The molecule has 0 heterocycles. The van der Waals surface area contributed by atoms with Gasteiger partial charge in [0.15, 0.2) is 0 Å². The van der Waals surface area contributed by atoms with Crippen LogP contribution in [0.15, 0.2) is 0 Å². The van der Waals surface area contributed by atoms with Crippen molar-refractivity contribution in [3.8, 4) is 0 Å². The van der Waals surface area contributed by atoms with Crippen LogP contribution in [0, 0.1) is 0 Å². The Morgan fingerprint density at radius 3 is 1.40 bits per heavy atom. The minimum Gasteiger partial charge on any atom is -0.550 e. The van der Waals surface area contributed by atoms with Crippen LogP contribution in [0.25, 0.3) is 0 Å². The molecule has 0 aromatic rings. The van der Waals surface area contributed by atoms with Crippen LogP contribution in [0.4, 0.5) is 0 Å². The number of carbonyl (C=O) groups excluding carboxylic acids is 3. The molecular formula is C6H5BiCoO7+2. The van der Waals surface area contributed by atoms with Crippen LogP contribution in [0.2, 0.25) is 0 Å². The molecule has 0 fully saturated rings. The molecular weight excluding hydrogens is 452 g/mol. The Morgan fingerprint density at radius 1 is 1.00 bits per heavy atom. The van der Waals surface area contributed by atoms with Gasteiger partial charge in [0.2, 0.25) is 0 Å². The van der Waals surface area contributed by atoms with Crippen LogP contribution in [0.5, 0.6) is 0 Å². The van der Waals surface area contributed by atoms with Crippen molar-refractivity contribution in [2.24, 2.45) is 0 Å². The fourth-order valence-electron chi connectivity index (χ4n) is 0.684. The van der Waals surface area contributed by atoms with Crippen LogP contribution in [0.3, 0.4) is 0 Å². The number of rotatable bonds is 5. The largest absolute Gasteiger partial charge is 3.00 e. The number of aliphatic hydroxyl groups is 1. The molecule has 0 unspecified atom stereocenters. The number of carboxylic acid groups (broad SMARTS) is 3. The molecule has 0 amide bonds. The van der Waals surface area contributed by atoms with E-state index in [1.54, 1.807) is 0 Å². The van der Waals surface area contributed by atoms with E-state index in [0.717, 1.165) is 0 Å². The Hall–Kier alpha value is -0.240. The second kappa shape index (κ2) is 7.98. The zero-order valence-electron chi connectivity index (χ0n) is 7.09. The molecule has 0 aliphatic heterocycles. The number of hydrogen-bond donors (Lipinski definition) is 1. The van der Waals surface area contributed by atoms with Crippen molar-refractivity contribution in [1.29, 1.82) is 0 Å². The number of aliphatic carboxylic acids is 3. The van der Waals surface area contributed by atoms with Crippen LogP contribution in [-0.2, 0) is 31.2 Å². The van der Waals surface area contributed by atoms with E-state index in [1.807, 2.05) is 0 Å². The third-order valence-corrected chi connectivity index (χ3v) is 1.25. The molecule has 0 atom stereocenters. The number of carbonyl (C=O) groups is 3. The fraction of sp³-hybridized carbons (Fsp3) is 0.500. The Bertz CT molecular complexity index is 238. The van der Waals surface area contributed by atoms with Crippen molar-refractivity contribution < 1.29 is 51.6 Å². The van der Waals surface area contributed by atoms with Crippen molar-refractivity contribution in [3.05, 3.63) is 0 Å². The quantitative estimate of drug-likeness (QED) is 0.406. The topological polar surface area (TPSA) is 141 Å². The maximum Gasteiger partial charge on any atom is 3.00 e. The second-order valence-corrected chi connectivity index (χ2v) is 2.42. The normalized spacial score (nSPS) is 9.40. The molecule has 0 spiro atoms. The predicted octanol–water partition coefficient (Wildman–Crippen LogP) is -5.64. The Labute approximate surface area is 114 Å². The molecule has 1 N–H and O–H groups in total. The summed E-state index contributed by atoms with van der Waals surface area (Å²) in [5.41, 5.74) is -2.97. The van der Waals surface area contributed by atoms with Crippen LogP contribution in [0.1, 0.15) is 12.8 Å². The van der Waals surface area contributed by atoms with E-state index in [-0.39, 0.29) is 43.0 Å². The first-order valence-electron chi connectivity index (χ1n) is 3.11. The van der Waals surface area contributed by atoms with Gasteiger partial charge in [-0.25, -0.2) is 0 Å². The van der Waals surface area contributed by atoms with Gasteiger partial charge in [-0.05, 0) is 0 Å². The average molecular weight is 457 g/mol. The molecule has 0 aliphatic rings. The summed E-state index contributed by atoms with van der Waals surface area (Å²) >= 11 is 0. The summed E-state index contributed by atoms with van der Waals surface area (Å²) in [4.78, 5) is 30.0. The van der Waals surface area contributed by atoms with Gasteiger partial charge in [-0.15, -0.1) is 0 Å². The molecule has 15 heavy (non-hydrogen) atoms. The van der Waals surface area contributed by atoms with E-state index in [4.69, 9.17) is 5.11 Å². The first-order valence-corrected chi connectivity index (χ1v) is 3.11. The molecule has 9 heteroatoms. The van der Waals surface area contributed by atoms with Crippen molar-refractivity contribution in [3.63, 3.8) is 0 Å². The fourth-order valence-corrected chi connectivity index (χ4v) is 0.684. The third kappa shape index (κ3) is 7.66. The summed E-state index contributed by atoms with van der Waals surface area (Å²) in [6.45, 7) is 0. The Kier molecular flexibility index (Phi) is 10.7. The monoisotopic (exact) mass is 457 g/mol. The van der Waals surface area contributed by atoms with E-state index in [0.29, 0.717) is 0 Å². The van der Waals surface area contributed by atoms with Crippen molar-refractivity contribution >= 4 is 44.1 Å². The van der Waals surface area contributed by atoms with Crippen molar-refractivity contribution in [2.45, 2.75) is 18.4 Å². The SMILES string of the molecule is O=C([O-])CC(O)(CC(=O)[O-])C(=O)[O-].[Bi+3].[Co+2]. The Morgan fingerprint density at radius 2 is 1.27 bits per heavy atom. The van der Waals surface area contributed by atoms with Crippen molar-refractivity contribution in [1.82, 2.24) is 0 Å². The first-order chi connectivity index (χ1) is 5.78. The van der Waals surface area contributed by atoms with Gasteiger partial charge in [0, 0.05) is 24.8 Å². The average Bonchev–Trinajstić information content (AvgIpc) is 1.82. The second-order valence-electron chi connectivity index (χ2n) is 2.42. The molecule has 0 rings (SSSR count). The van der Waals surface area contributed by atoms with E-state index in [2.05, 4.69) is 0 Å². The maximum atomic E-state index is 10.1. The molecule has 0 aromatic carbocycles. The third-order valence-electron chi connectivity index (χ3n) is 1.25. The molecule has 0 aromatic heterocycles. The molecule has 0 saturated heterocycles. The van der Waals surface area contributed by atoms with E-state index < -0.39 is 36.4 Å². The van der Waals surface area contributed by atoms with Gasteiger partial charge in [0.25, 0.3) is 0 Å². The maximum absolute atomic E-state index is 10.1. The van der Waals surface area contributed by atoms with Crippen LogP contribution >= 0.6 is 0 Å². The van der Waals surface area contributed by atoms with Crippen LogP contribution in [-0.4, -0.2) is 54.8 Å². The van der Waals surface area contributed by atoms with E-state index >= 15 is 0 Å². The first kappa shape index (κ1) is 20.2. The van der Waals surface area contributed by atoms with Gasteiger partial charge in [-0.3, -0.25) is 0 Å². The van der Waals surface area contributed by atoms with Crippen LogP contribution < -0.4 is 15.3 Å². The smallest absolute Gasteiger partial charge is 0.550 e. The zero-order chi connectivity index (χ0) is 10.6.